The molecule has 0 bridgehead atoms. The number of hydrogen-bond acceptors (Lipinski definition) is 5. The number of carbonyl (C=O) groups is 2. The summed E-state index contributed by atoms with van der Waals surface area (Å²) >= 11 is 3.50. The maximum absolute atomic E-state index is 12.7. The molecule has 1 aromatic carbocycles. The molecular formula is C20H28BrNO5. The summed E-state index contributed by atoms with van der Waals surface area (Å²) in [7, 11) is 1.36. The highest BCUT2D eigenvalue weighted by molar-refractivity contribution is 9.10. The zero-order valence-electron chi connectivity index (χ0n) is 16.2. The predicted molar refractivity (Wildman–Crippen MR) is 106 cm³/mol. The molecule has 0 spiro atoms. The quantitative estimate of drug-likeness (QED) is 0.621. The number of amides is 1. The fourth-order valence-corrected chi connectivity index (χ4v) is 3.93. The van der Waals surface area contributed by atoms with Crippen molar-refractivity contribution >= 4 is 27.8 Å². The van der Waals surface area contributed by atoms with Crippen LogP contribution in [0.15, 0.2) is 16.6 Å². The van der Waals surface area contributed by atoms with Crippen LogP contribution in [0, 0.1) is 0 Å². The summed E-state index contributed by atoms with van der Waals surface area (Å²) in [6.07, 6.45) is 4.22. The molecule has 1 aliphatic carbocycles. The standard InChI is InChI=1S/C20H28BrNO5/c1-4-26-16-11-14(15(21)13-17(16)27-5-2)12-18(23)22-20(19(24)25-3)9-7-6-8-10-20/h11,13H,4-10,12H2,1-3H3,(H,22,23). The van der Waals surface area contributed by atoms with E-state index < -0.39 is 5.54 Å². The third kappa shape index (κ3) is 5.37. The molecule has 7 heteroatoms. The molecule has 6 nitrogen and oxygen atoms in total. The fourth-order valence-electron chi connectivity index (χ4n) is 3.46. The van der Waals surface area contributed by atoms with E-state index in [1.807, 2.05) is 26.0 Å². The van der Waals surface area contributed by atoms with Crippen molar-refractivity contribution in [3.8, 4) is 11.5 Å². The highest BCUT2D eigenvalue weighted by Crippen LogP contribution is 2.35. The van der Waals surface area contributed by atoms with Crippen molar-refractivity contribution in [1.29, 1.82) is 0 Å². The van der Waals surface area contributed by atoms with Gasteiger partial charge >= 0.3 is 5.97 Å². The van der Waals surface area contributed by atoms with E-state index in [1.54, 1.807) is 0 Å². The van der Waals surface area contributed by atoms with Gasteiger partial charge in [-0.1, -0.05) is 35.2 Å². The van der Waals surface area contributed by atoms with E-state index >= 15 is 0 Å². The molecule has 0 unspecified atom stereocenters. The molecule has 0 radical (unpaired) electrons. The monoisotopic (exact) mass is 441 g/mol. The number of methoxy groups -OCH3 is 1. The van der Waals surface area contributed by atoms with Crippen LogP contribution in [0.1, 0.15) is 51.5 Å². The van der Waals surface area contributed by atoms with E-state index in [0.29, 0.717) is 37.6 Å². The Morgan fingerprint density at radius 1 is 1.07 bits per heavy atom. The van der Waals surface area contributed by atoms with Gasteiger partial charge in [-0.05, 0) is 44.4 Å². The molecule has 0 atom stereocenters. The van der Waals surface area contributed by atoms with Gasteiger partial charge in [0, 0.05) is 4.47 Å². The van der Waals surface area contributed by atoms with Crippen LogP contribution >= 0.6 is 15.9 Å². The molecule has 0 heterocycles. The molecule has 0 aromatic heterocycles. The van der Waals surface area contributed by atoms with Crippen molar-refractivity contribution in [2.45, 2.75) is 57.9 Å². The minimum atomic E-state index is -0.912. The SMILES string of the molecule is CCOc1cc(Br)c(CC(=O)NC2(C(=O)OC)CCCCC2)cc1OCC. The first-order chi connectivity index (χ1) is 13.0. The molecule has 1 aromatic rings. The first-order valence-electron chi connectivity index (χ1n) is 9.43. The van der Waals surface area contributed by atoms with Crippen LogP contribution in [0.25, 0.3) is 0 Å². The largest absolute Gasteiger partial charge is 0.490 e. The number of halogens is 1. The van der Waals surface area contributed by atoms with Gasteiger partial charge in [-0.25, -0.2) is 4.79 Å². The average molecular weight is 442 g/mol. The number of esters is 1. The first kappa shape index (κ1) is 21.5. The zero-order chi connectivity index (χ0) is 19.9. The van der Waals surface area contributed by atoms with Crippen molar-refractivity contribution in [3.63, 3.8) is 0 Å². The highest BCUT2D eigenvalue weighted by atomic mass is 79.9. The first-order valence-corrected chi connectivity index (χ1v) is 10.2. The van der Waals surface area contributed by atoms with E-state index in [-0.39, 0.29) is 18.3 Å². The van der Waals surface area contributed by atoms with Gasteiger partial charge in [-0.3, -0.25) is 4.79 Å². The molecule has 0 aliphatic heterocycles. The van der Waals surface area contributed by atoms with Gasteiger partial charge in [0.1, 0.15) is 5.54 Å². The van der Waals surface area contributed by atoms with Gasteiger partial charge in [0.25, 0.3) is 0 Å². The Bertz CT molecular complexity index is 671. The van der Waals surface area contributed by atoms with Crippen molar-refractivity contribution in [3.05, 3.63) is 22.2 Å². The summed E-state index contributed by atoms with van der Waals surface area (Å²) in [5, 5.41) is 2.94. The lowest BCUT2D eigenvalue weighted by Gasteiger charge is -2.35. The van der Waals surface area contributed by atoms with Crippen LogP contribution in [0.2, 0.25) is 0 Å². The second-order valence-electron chi connectivity index (χ2n) is 6.62. The second-order valence-corrected chi connectivity index (χ2v) is 7.47. The number of carbonyl (C=O) groups excluding carboxylic acids is 2. The smallest absolute Gasteiger partial charge is 0.331 e. The highest BCUT2D eigenvalue weighted by Gasteiger charge is 2.41. The lowest BCUT2D eigenvalue weighted by Crippen LogP contribution is -2.56. The van der Waals surface area contributed by atoms with Crippen LogP contribution in [-0.2, 0) is 20.7 Å². The minimum absolute atomic E-state index is 0.131. The number of benzene rings is 1. The second kappa shape index (κ2) is 9.97. The van der Waals surface area contributed by atoms with E-state index in [0.717, 1.165) is 29.3 Å². The van der Waals surface area contributed by atoms with E-state index in [1.165, 1.54) is 7.11 Å². The van der Waals surface area contributed by atoms with Gasteiger partial charge in [-0.2, -0.15) is 0 Å². The molecule has 1 saturated carbocycles. The Morgan fingerprint density at radius 2 is 1.67 bits per heavy atom. The maximum Gasteiger partial charge on any atom is 0.331 e. The van der Waals surface area contributed by atoms with Crippen LogP contribution in [-0.4, -0.2) is 37.7 Å². The van der Waals surface area contributed by atoms with Gasteiger partial charge < -0.3 is 19.5 Å². The van der Waals surface area contributed by atoms with Crippen LogP contribution < -0.4 is 14.8 Å². The van der Waals surface area contributed by atoms with Crippen LogP contribution in [0.5, 0.6) is 11.5 Å². The van der Waals surface area contributed by atoms with Crippen molar-refractivity contribution in [2.24, 2.45) is 0 Å². The van der Waals surface area contributed by atoms with Gasteiger partial charge in [-0.15, -0.1) is 0 Å². The molecule has 2 rings (SSSR count). The Hall–Kier alpha value is -1.76. The van der Waals surface area contributed by atoms with Gasteiger partial charge in [0.15, 0.2) is 11.5 Å². The molecule has 0 saturated heterocycles. The van der Waals surface area contributed by atoms with Gasteiger partial charge in [0.2, 0.25) is 5.91 Å². The normalized spacial score (nSPS) is 15.7. The Balaban J connectivity index is 2.18. The molecule has 1 N–H and O–H groups in total. The van der Waals surface area contributed by atoms with E-state index in [9.17, 15) is 9.59 Å². The number of nitrogens with one attached hydrogen (secondary N) is 1. The molecular weight excluding hydrogens is 414 g/mol. The van der Waals surface area contributed by atoms with E-state index in [4.69, 9.17) is 14.2 Å². The lowest BCUT2D eigenvalue weighted by molar-refractivity contribution is -0.152. The number of hydrogen-bond donors (Lipinski definition) is 1. The van der Waals surface area contributed by atoms with E-state index in [2.05, 4.69) is 21.2 Å². The predicted octanol–water partition coefficient (Wildman–Crippen LogP) is 3.78. The number of rotatable bonds is 8. The average Bonchev–Trinajstić information content (AvgIpc) is 2.65. The molecule has 150 valence electrons. The van der Waals surface area contributed by atoms with Crippen molar-refractivity contribution in [2.75, 3.05) is 20.3 Å². The Labute approximate surface area is 169 Å². The Morgan fingerprint density at radius 3 is 2.22 bits per heavy atom. The van der Waals surface area contributed by atoms with Gasteiger partial charge in [0.05, 0.1) is 26.7 Å². The summed E-state index contributed by atoms with van der Waals surface area (Å²) in [6, 6.07) is 3.62. The molecule has 1 aliphatic rings. The summed E-state index contributed by atoms with van der Waals surface area (Å²) in [5.41, 5.74) is -0.139. The zero-order valence-corrected chi connectivity index (χ0v) is 17.8. The molecule has 1 amide bonds. The van der Waals surface area contributed by atoms with Crippen molar-refractivity contribution in [1.82, 2.24) is 5.32 Å². The number of ether oxygens (including phenoxy) is 3. The fraction of sp³-hybridized carbons (Fsp3) is 0.600. The maximum atomic E-state index is 12.7. The topological polar surface area (TPSA) is 73.9 Å². The third-order valence-corrected chi connectivity index (χ3v) is 5.46. The summed E-state index contributed by atoms with van der Waals surface area (Å²) in [4.78, 5) is 25.0. The third-order valence-electron chi connectivity index (χ3n) is 4.73. The van der Waals surface area contributed by atoms with Crippen LogP contribution in [0.3, 0.4) is 0 Å². The summed E-state index contributed by atoms with van der Waals surface area (Å²) in [5.74, 6) is 0.658. The molecule has 1 fully saturated rings. The summed E-state index contributed by atoms with van der Waals surface area (Å²) in [6.45, 7) is 4.82. The van der Waals surface area contributed by atoms with Crippen molar-refractivity contribution < 1.29 is 23.8 Å². The minimum Gasteiger partial charge on any atom is -0.490 e. The lowest BCUT2D eigenvalue weighted by atomic mass is 9.81. The summed E-state index contributed by atoms with van der Waals surface area (Å²) < 4.78 is 17.0. The molecule has 27 heavy (non-hydrogen) atoms. The Kier molecular flexibility index (Phi) is 7.95. The van der Waals surface area contributed by atoms with Crippen LogP contribution in [0.4, 0.5) is 0 Å².